The smallest absolute Gasteiger partial charge is 0.257 e. The maximum Gasteiger partial charge on any atom is 0.257 e. The van der Waals surface area contributed by atoms with E-state index in [1.807, 2.05) is 30.3 Å². The third-order valence-electron chi connectivity index (χ3n) is 6.96. The number of anilines is 2. The predicted octanol–water partition coefficient (Wildman–Crippen LogP) is 6.94. The van der Waals surface area contributed by atoms with Gasteiger partial charge in [-0.05, 0) is 85.3 Å². The number of amides is 2. The van der Waals surface area contributed by atoms with Crippen LogP contribution in [0, 0.1) is 17.8 Å². The minimum Gasteiger partial charge on any atom is -0.338 e. The van der Waals surface area contributed by atoms with Crippen LogP contribution in [0.4, 0.5) is 11.4 Å². The fourth-order valence-corrected chi connectivity index (χ4v) is 5.62. The molecule has 2 aliphatic carbocycles. The monoisotopic (exact) mass is 516 g/mol. The zero-order valence-electron chi connectivity index (χ0n) is 19.1. The number of allylic oxidation sites excluding steroid dienone is 2. The second-order valence-corrected chi connectivity index (χ2v) is 10.2. The molecule has 3 unspecified atom stereocenters. The van der Waals surface area contributed by atoms with E-state index in [0.29, 0.717) is 39.0 Å². The molecular weight excluding hydrogens is 495 g/mol. The van der Waals surface area contributed by atoms with Crippen LogP contribution in [0.5, 0.6) is 0 Å². The molecule has 2 aliphatic rings. The average molecular weight is 517 g/mol. The number of hydrogen-bond acceptors (Lipinski definition) is 3. The van der Waals surface area contributed by atoms with Gasteiger partial charge < -0.3 is 15.6 Å². The van der Waals surface area contributed by atoms with Gasteiger partial charge in [0.2, 0.25) is 5.91 Å². The molecule has 6 rings (SSSR count). The summed E-state index contributed by atoms with van der Waals surface area (Å²) >= 11 is 12.0. The number of H-pyrrole nitrogens is 1. The van der Waals surface area contributed by atoms with Crippen LogP contribution in [0.3, 0.4) is 0 Å². The molecule has 0 spiro atoms. The van der Waals surface area contributed by atoms with Gasteiger partial charge in [-0.15, -0.1) is 0 Å². The van der Waals surface area contributed by atoms with Crippen molar-refractivity contribution in [2.45, 2.75) is 12.8 Å². The Balaban J connectivity index is 1.15. The van der Waals surface area contributed by atoms with Gasteiger partial charge in [0, 0.05) is 27.9 Å². The minimum absolute atomic E-state index is 0.0581. The standard InChI is InChI=1S/C28H22Cl2N4O2/c29-18-5-9-21(23(30)13-18)27(35)31-19-6-3-16(4-7-19)26-33-24-10-8-20(14-25(24)34-26)32-28(36)22-12-15-1-2-17(22)11-15/h1-10,13-15,17,22H,11-12H2,(H,31,35)(H,32,36)(H,33,34). The molecule has 0 aliphatic heterocycles. The Kier molecular flexibility index (Phi) is 5.78. The molecule has 0 saturated heterocycles. The van der Waals surface area contributed by atoms with Crippen LogP contribution in [0.25, 0.3) is 22.4 Å². The average Bonchev–Trinajstić information content (AvgIpc) is 3.60. The molecule has 1 aromatic heterocycles. The quantitative estimate of drug-likeness (QED) is 0.251. The van der Waals surface area contributed by atoms with Crippen molar-refractivity contribution in [3.05, 3.63) is 88.4 Å². The SMILES string of the molecule is O=C(Nc1ccc(-c2nc3ccc(NC(=O)C4CC5C=CC4C5)cc3[nH]2)cc1)c1ccc(Cl)cc1Cl. The molecule has 1 heterocycles. The largest absolute Gasteiger partial charge is 0.338 e. The second-order valence-electron chi connectivity index (χ2n) is 9.35. The van der Waals surface area contributed by atoms with Crippen molar-refractivity contribution in [2.75, 3.05) is 10.6 Å². The zero-order valence-corrected chi connectivity index (χ0v) is 20.6. The molecule has 36 heavy (non-hydrogen) atoms. The van der Waals surface area contributed by atoms with Crippen molar-refractivity contribution in [1.82, 2.24) is 9.97 Å². The predicted molar refractivity (Wildman–Crippen MR) is 143 cm³/mol. The number of nitrogens with one attached hydrogen (secondary N) is 3. The van der Waals surface area contributed by atoms with E-state index in [1.165, 1.54) is 6.07 Å². The summed E-state index contributed by atoms with van der Waals surface area (Å²) in [7, 11) is 0. The Bertz CT molecular complexity index is 1530. The number of carbonyl (C=O) groups excluding carboxylic acids is 2. The molecule has 3 atom stereocenters. The van der Waals surface area contributed by atoms with Gasteiger partial charge in [0.15, 0.2) is 0 Å². The highest BCUT2D eigenvalue weighted by Crippen LogP contribution is 2.43. The normalized spacial score (nSPS) is 20.1. The third-order valence-corrected chi connectivity index (χ3v) is 7.50. The van der Waals surface area contributed by atoms with E-state index in [9.17, 15) is 9.59 Å². The van der Waals surface area contributed by atoms with E-state index in [4.69, 9.17) is 23.2 Å². The summed E-state index contributed by atoms with van der Waals surface area (Å²) < 4.78 is 0. The van der Waals surface area contributed by atoms with Crippen molar-refractivity contribution < 1.29 is 9.59 Å². The molecule has 180 valence electrons. The number of fused-ring (bicyclic) bond motifs is 3. The lowest BCUT2D eigenvalue weighted by Gasteiger charge is -2.17. The number of aromatic amines is 1. The highest BCUT2D eigenvalue weighted by Gasteiger charge is 2.39. The van der Waals surface area contributed by atoms with Crippen molar-refractivity contribution >= 4 is 57.4 Å². The summed E-state index contributed by atoms with van der Waals surface area (Å²) in [5.74, 6) is 1.45. The first-order valence-corrected chi connectivity index (χ1v) is 12.5. The van der Waals surface area contributed by atoms with Gasteiger partial charge in [-0.2, -0.15) is 0 Å². The van der Waals surface area contributed by atoms with E-state index in [2.05, 4.69) is 32.8 Å². The lowest BCUT2D eigenvalue weighted by molar-refractivity contribution is -0.120. The molecule has 3 aromatic carbocycles. The first kappa shape index (κ1) is 22.8. The van der Waals surface area contributed by atoms with Crippen LogP contribution < -0.4 is 10.6 Å². The Morgan fingerprint density at radius 3 is 2.42 bits per heavy atom. The second kappa shape index (κ2) is 9.12. The van der Waals surface area contributed by atoms with Gasteiger partial charge >= 0.3 is 0 Å². The number of imidazole rings is 1. The van der Waals surface area contributed by atoms with Crippen LogP contribution in [-0.4, -0.2) is 21.8 Å². The molecule has 2 bridgehead atoms. The fraction of sp³-hybridized carbons (Fsp3) is 0.179. The highest BCUT2D eigenvalue weighted by molar-refractivity contribution is 6.37. The number of aromatic nitrogens is 2. The molecule has 4 aromatic rings. The molecular formula is C28H22Cl2N4O2. The van der Waals surface area contributed by atoms with Crippen LogP contribution >= 0.6 is 23.2 Å². The lowest BCUT2D eigenvalue weighted by Crippen LogP contribution is -2.25. The number of rotatable bonds is 5. The third kappa shape index (κ3) is 4.38. The molecule has 1 fully saturated rings. The van der Waals surface area contributed by atoms with Crippen LogP contribution in [0.1, 0.15) is 23.2 Å². The van der Waals surface area contributed by atoms with E-state index >= 15 is 0 Å². The molecule has 3 N–H and O–H groups in total. The van der Waals surface area contributed by atoms with Crippen molar-refractivity contribution in [3.63, 3.8) is 0 Å². The molecule has 0 radical (unpaired) electrons. The summed E-state index contributed by atoms with van der Waals surface area (Å²) in [5.41, 5.74) is 4.25. The molecule has 8 heteroatoms. The number of benzene rings is 3. The van der Waals surface area contributed by atoms with E-state index < -0.39 is 0 Å². The number of carbonyl (C=O) groups is 2. The summed E-state index contributed by atoms with van der Waals surface area (Å²) in [6.07, 6.45) is 6.46. The molecule has 1 saturated carbocycles. The summed E-state index contributed by atoms with van der Waals surface area (Å²) in [4.78, 5) is 33.3. The number of hydrogen-bond donors (Lipinski definition) is 3. The Morgan fingerprint density at radius 1 is 0.889 bits per heavy atom. The zero-order chi connectivity index (χ0) is 24.8. The van der Waals surface area contributed by atoms with E-state index in [0.717, 1.165) is 35.1 Å². The van der Waals surface area contributed by atoms with Gasteiger partial charge in [0.05, 0.1) is 21.6 Å². The van der Waals surface area contributed by atoms with Crippen LogP contribution in [-0.2, 0) is 4.79 Å². The Labute approximate surface area is 217 Å². The van der Waals surface area contributed by atoms with Crippen molar-refractivity contribution in [1.29, 1.82) is 0 Å². The first-order valence-electron chi connectivity index (χ1n) is 11.8. The minimum atomic E-state index is -0.316. The number of halogens is 2. The van der Waals surface area contributed by atoms with Crippen molar-refractivity contribution in [3.8, 4) is 11.4 Å². The van der Waals surface area contributed by atoms with Gasteiger partial charge in [-0.3, -0.25) is 9.59 Å². The fourth-order valence-electron chi connectivity index (χ4n) is 5.12. The Morgan fingerprint density at radius 2 is 1.69 bits per heavy atom. The highest BCUT2D eigenvalue weighted by atomic mass is 35.5. The Hall–Kier alpha value is -3.61. The molecule has 6 nitrogen and oxygen atoms in total. The van der Waals surface area contributed by atoms with Gasteiger partial charge in [0.25, 0.3) is 5.91 Å². The van der Waals surface area contributed by atoms with Crippen molar-refractivity contribution in [2.24, 2.45) is 17.8 Å². The van der Waals surface area contributed by atoms with Crippen LogP contribution in [0.2, 0.25) is 10.0 Å². The molecule has 2 amide bonds. The maximum atomic E-state index is 12.8. The van der Waals surface area contributed by atoms with E-state index in [1.54, 1.807) is 24.3 Å². The van der Waals surface area contributed by atoms with Gasteiger partial charge in [-0.1, -0.05) is 35.4 Å². The van der Waals surface area contributed by atoms with Gasteiger partial charge in [-0.25, -0.2) is 4.98 Å². The summed E-state index contributed by atoms with van der Waals surface area (Å²) in [6, 6.07) is 17.8. The topological polar surface area (TPSA) is 86.9 Å². The number of nitrogens with zero attached hydrogens (tertiary/aromatic N) is 1. The summed E-state index contributed by atoms with van der Waals surface area (Å²) in [5, 5.41) is 6.68. The first-order chi connectivity index (χ1) is 17.4. The lowest BCUT2D eigenvalue weighted by atomic mass is 9.93. The van der Waals surface area contributed by atoms with Gasteiger partial charge in [0.1, 0.15) is 5.82 Å². The van der Waals surface area contributed by atoms with E-state index in [-0.39, 0.29) is 17.7 Å². The maximum absolute atomic E-state index is 12.8. The van der Waals surface area contributed by atoms with Crippen LogP contribution in [0.15, 0.2) is 72.8 Å². The summed E-state index contributed by atoms with van der Waals surface area (Å²) in [6.45, 7) is 0.